The average molecular weight is 339 g/mol. The van der Waals surface area contributed by atoms with Gasteiger partial charge in [-0.2, -0.15) is 5.26 Å². The van der Waals surface area contributed by atoms with Crippen LogP contribution in [0.4, 0.5) is 5.69 Å². The Kier molecular flexibility index (Phi) is 5.63. The Morgan fingerprint density at radius 2 is 1.92 bits per heavy atom. The first-order valence-electron chi connectivity index (χ1n) is 7.75. The lowest BCUT2D eigenvalue weighted by Crippen LogP contribution is -2.23. The number of carbonyl (C=O) groups excluding carboxylic acids is 1. The lowest BCUT2D eigenvalue weighted by molar-refractivity contribution is -0.115. The van der Waals surface area contributed by atoms with Gasteiger partial charge < -0.3 is 5.32 Å². The standard InChI is InChI=1S/C19H21N3OS/c1-11-6-7-17(13(3)8-11)22-18(23)15(5)24-19-16(10-20)12(2)9-14(4)21-19/h6-9,15H,1-5H3,(H,22,23). The number of nitrogens with one attached hydrogen (secondary N) is 1. The summed E-state index contributed by atoms with van der Waals surface area (Å²) in [5.74, 6) is -0.100. The highest BCUT2D eigenvalue weighted by Crippen LogP contribution is 2.28. The first-order valence-corrected chi connectivity index (χ1v) is 8.63. The zero-order valence-electron chi connectivity index (χ0n) is 14.6. The molecular weight excluding hydrogens is 318 g/mol. The molecule has 1 heterocycles. The molecule has 0 aliphatic heterocycles. The van der Waals surface area contributed by atoms with E-state index in [0.29, 0.717) is 10.6 Å². The van der Waals surface area contributed by atoms with Gasteiger partial charge in [0.25, 0.3) is 0 Å². The summed E-state index contributed by atoms with van der Waals surface area (Å²) >= 11 is 1.31. The molecule has 0 fully saturated rings. The van der Waals surface area contributed by atoms with Crippen LogP contribution in [0.1, 0.15) is 34.9 Å². The highest BCUT2D eigenvalue weighted by Gasteiger charge is 2.19. The molecule has 5 heteroatoms. The summed E-state index contributed by atoms with van der Waals surface area (Å²) in [7, 11) is 0. The molecule has 1 unspecified atom stereocenters. The Balaban J connectivity index is 2.16. The molecule has 1 N–H and O–H groups in total. The molecule has 0 bridgehead atoms. The number of nitrogens with zero attached hydrogens (tertiary/aromatic N) is 2. The van der Waals surface area contributed by atoms with Crippen molar-refractivity contribution in [1.82, 2.24) is 4.98 Å². The van der Waals surface area contributed by atoms with Crippen molar-refractivity contribution in [3.63, 3.8) is 0 Å². The van der Waals surface area contributed by atoms with Gasteiger partial charge in [0.2, 0.25) is 5.91 Å². The molecule has 0 saturated heterocycles. The van der Waals surface area contributed by atoms with Crippen molar-refractivity contribution < 1.29 is 4.79 Å². The van der Waals surface area contributed by atoms with Gasteiger partial charge in [-0.1, -0.05) is 29.5 Å². The molecule has 1 amide bonds. The summed E-state index contributed by atoms with van der Waals surface area (Å²) in [6.07, 6.45) is 0. The number of aryl methyl sites for hydroxylation is 4. The molecule has 4 nitrogen and oxygen atoms in total. The minimum absolute atomic E-state index is 0.100. The van der Waals surface area contributed by atoms with Crippen LogP contribution in [0, 0.1) is 39.0 Å². The lowest BCUT2D eigenvalue weighted by atomic mass is 10.1. The van der Waals surface area contributed by atoms with Crippen molar-refractivity contribution in [1.29, 1.82) is 5.26 Å². The van der Waals surface area contributed by atoms with Crippen molar-refractivity contribution in [2.45, 2.75) is 44.9 Å². The van der Waals surface area contributed by atoms with E-state index in [2.05, 4.69) is 16.4 Å². The van der Waals surface area contributed by atoms with E-state index in [9.17, 15) is 10.1 Å². The van der Waals surface area contributed by atoms with Gasteiger partial charge >= 0.3 is 0 Å². The maximum atomic E-state index is 12.5. The fraction of sp³-hybridized carbons (Fsp3) is 0.316. The van der Waals surface area contributed by atoms with Crippen molar-refractivity contribution in [3.8, 4) is 6.07 Å². The quantitative estimate of drug-likeness (QED) is 0.843. The lowest BCUT2D eigenvalue weighted by Gasteiger charge is -2.15. The van der Waals surface area contributed by atoms with Crippen LogP contribution in [0.5, 0.6) is 0 Å². The number of aromatic nitrogens is 1. The number of hydrogen-bond acceptors (Lipinski definition) is 4. The van der Waals surface area contributed by atoms with Crippen molar-refractivity contribution in [3.05, 3.63) is 52.2 Å². The van der Waals surface area contributed by atoms with Gasteiger partial charge in [-0.3, -0.25) is 4.79 Å². The number of carbonyl (C=O) groups is 1. The average Bonchev–Trinajstić information content (AvgIpc) is 2.49. The number of benzene rings is 1. The Bertz CT molecular complexity index is 824. The Morgan fingerprint density at radius 3 is 2.54 bits per heavy atom. The topological polar surface area (TPSA) is 65.8 Å². The number of hydrogen-bond donors (Lipinski definition) is 1. The number of nitriles is 1. The van der Waals surface area contributed by atoms with Crippen LogP contribution in [0.15, 0.2) is 29.3 Å². The van der Waals surface area contributed by atoms with Gasteiger partial charge in [-0.15, -0.1) is 0 Å². The van der Waals surface area contributed by atoms with Gasteiger partial charge in [0, 0.05) is 11.4 Å². The number of pyridine rings is 1. The molecular formula is C19H21N3OS. The normalized spacial score (nSPS) is 11.7. The number of amides is 1. The molecule has 124 valence electrons. The van der Waals surface area contributed by atoms with E-state index in [1.54, 1.807) is 0 Å². The molecule has 1 aromatic carbocycles. The molecule has 0 radical (unpaired) electrons. The summed E-state index contributed by atoms with van der Waals surface area (Å²) in [5, 5.41) is 12.5. The maximum Gasteiger partial charge on any atom is 0.237 e. The van der Waals surface area contributed by atoms with Gasteiger partial charge in [0.15, 0.2) is 0 Å². The molecule has 24 heavy (non-hydrogen) atoms. The largest absolute Gasteiger partial charge is 0.325 e. The first kappa shape index (κ1) is 18.0. The Hall–Kier alpha value is -2.32. The maximum absolute atomic E-state index is 12.5. The minimum Gasteiger partial charge on any atom is -0.325 e. The molecule has 1 aromatic heterocycles. The van der Waals surface area contributed by atoms with Crippen LogP contribution in [-0.2, 0) is 4.79 Å². The van der Waals surface area contributed by atoms with E-state index in [0.717, 1.165) is 28.1 Å². The number of thioether (sulfide) groups is 1. The van der Waals surface area contributed by atoms with Crippen molar-refractivity contribution in [2.75, 3.05) is 5.32 Å². The van der Waals surface area contributed by atoms with E-state index in [4.69, 9.17) is 0 Å². The van der Waals surface area contributed by atoms with Crippen molar-refractivity contribution in [2.24, 2.45) is 0 Å². The summed E-state index contributed by atoms with van der Waals surface area (Å²) in [5.41, 5.74) is 5.27. The second-order valence-corrected chi connectivity index (χ2v) is 7.27. The summed E-state index contributed by atoms with van der Waals surface area (Å²) in [6.45, 7) is 9.59. The zero-order valence-corrected chi connectivity index (χ0v) is 15.4. The number of anilines is 1. The van der Waals surface area contributed by atoms with E-state index in [1.807, 2.05) is 58.9 Å². The monoisotopic (exact) mass is 339 g/mol. The molecule has 0 aliphatic rings. The smallest absolute Gasteiger partial charge is 0.237 e. The molecule has 2 aromatic rings. The van der Waals surface area contributed by atoms with Crippen LogP contribution in [0.2, 0.25) is 0 Å². The predicted octanol–water partition coefficient (Wildman–Crippen LogP) is 4.31. The molecule has 2 rings (SSSR count). The van der Waals surface area contributed by atoms with Gasteiger partial charge in [0.1, 0.15) is 11.1 Å². The second kappa shape index (κ2) is 7.50. The second-order valence-electron chi connectivity index (χ2n) is 5.94. The van der Waals surface area contributed by atoms with Gasteiger partial charge in [-0.05, 0) is 57.9 Å². The third-order valence-corrected chi connectivity index (χ3v) is 4.81. The molecule has 0 saturated carbocycles. The Morgan fingerprint density at radius 1 is 1.21 bits per heavy atom. The third-order valence-electron chi connectivity index (χ3n) is 3.72. The zero-order chi connectivity index (χ0) is 17.9. The summed E-state index contributed by atoms with van der Waals surface area (Å²) in [6, 6.07) is 9.98. The van der Waals surface area contributed by atoms with Gasteiger partial charge in [0.05, 0.1) is 10.8 Å². The SMILES string of the molecule is Cc1ccc(NC(=O)C(C)Sc2nc(C)cc(C)c2C#N)c(C)c1. The van der Waals surface area contributed by atoms with Crippen LogP contribution in [0.25, 0.3) is 0 Å². The van der Waals surface area contributed by atoms with Crippen LogP contribution in [-0.4, -0.2) is 16.1 Å². The Labute approximate surface area is 147 Å². The molecule has 0 aliphatic carbocycles. The van der Waals surface area contributed by atoms with Crippen molar-refractivity contribution >= 4 is 23.4 Å². The highest BCUT2D eigenvalue weighted by molar-refractivity contribution is 8.00. The first-order chi connectivity index (χ1) is 11.3. The minimum atomic E-state index is -0.355. The fourth-order valence-electron chi connectivity index (χ4n) is 2.43. The van der Waals surface area contributed by atoms with Gasteiger partial charge in [-0.25, -0.2) is 4.98 Å². The third kappa shape index (κ3) is 4.15. The predicted molar refractivity (Wildman–Crippen MR) is 98.3 cm³/mol. The van der Waals surface area contributed by atoms with Crippen LogP contribution in [0.3, 0.4) is 0 Å². The van der Waals surface area contributed by atoms with Crippen LogP contribution < -0.4 is 5.32 Å². The number of rotatable bonds is 4. The van der Waals surface area contributed by atoms with E-state index < -0.39 is 0 Å². The highest BCUT2D eigenvalue weighted by atomic mass is 32.2. The molecule has 0 spiro atoms. The summed E-state index contributed by atoms with van der Waals surface area (Å²) < 4.78 is 0. The van der Waals surface area contributed by atoms with E-state index in [-0.39, 0.29) is 11.2 Å². The van der Waals surface area contributed by atoms with Crippen LogP contribution >= 0.6 is 11.8 Å². The fourth-order valence-corrected chi connectivity index (χ4v) is 3.45. The summed E-state index contributed by atoms with van der Waals surface area (Å²) in [4.78, 5) is 16.9. The molecule has 1 atom stereocenters. The van der Waals surface area contributed by atoms with E-state index >= 15 is 0 Å². The van der Waals surface area contributed by atoms with E-state index in [1.165, 1.54) is 11.8 Å².